The largest absolute Gasteiger partial charge is 0.416 e. The Morgan fingerprint density at radius 2 is 1.81 bits per heavy atom. The lowest BCUT2D eigenvalue weighted by molar-refractivity contribution is -0.137. The zero-order chi connectivity index (χ0) is 22.6. The Morgan fingerprint density at radius 3 is 2.48 bits per heavy atom. The molecule has 4 amide bonds. The van der Waals surface area contributed by atoms with E-state index in [1.807, 2.05) is 36.4 Å². The van der Waals surface area contributed by atoms with Crippen LogP contribution in [0.3, 0.4) is 0 Å². The van der Waals surface area contributed by atoms with Crippen LogP contribution in [0.15, 0.2) is 71.9 Å². The maximum Gasteiger partial charge on any atom is 0.416 e. The first-order valence-electron chi connectivity index (χ1n) is 9.18. The van der Waals surface area contributed by atoms with E-state index in [9.17, 15) is 27.6 Å². The zero-order valence-corrected chi connectivity index (χ0v) is 16.4. The molecule has 0 saturated carbocycles. The summed E-state index contributed by atoms with van der Waals surface area (Å²) in [4.78, 5) is 37.5. The van der Waals surface area contributed by atoms with Crippen molar-refractivity contribution in [1.82, 2.24) is 10.2 Å². The van der Waals surface area contributed by atoms with Crippen LogP contribution < -0.4 is 10.6 Å². The molecule has 2 aromatic carbocycles. The maximum absolute atomic E-state index is 12.8. The number of nitrogens with zero attached hydrogens (tertiary/aromatic N) is 1. The van der Waals surface area contributed by atoms with E-state index >= 15 is 0 Å². The van der Waals surface area contributed by atoms with Crippen molar-refractivity contribution in [3.8, 4) is 0 Å². The predicted octanol–water partition coefficient (Wildman–Crippen LogP) is 4.18. The summed E-state index contributed by atoms with van der Waals surface area (Å²) in [5.74, 6) is -1.51. The fourth-order valence-electron chi connectivity index (χ4n) is 2.91. The number of allylic oxidation sites excluding steroid dienone is 2. The number of carbonyl (C=O) groups is 3. The fraction of sp³-hybridized carbons (Fsp3) is 0.136. The molecule has 2 N–H and O–H groups in total. The third kappa shape index (κ3) is 5.59. The molecule has 1 heterocycles. The molecule has 1 fully saturated rings. The summed E-state index contributed by atoms with van der Waals surface area (Å²) in [5, 5.41) is 4.66. The summed E-state index contributed by atoms with van der Waals surface area (Å²) in [7, 11) is 0. The number of alkyl halides is 3. The molecular weight excluding hydrogens is 411 g/mol. The van der Waals surface area contributed by atoms with Crippen LogP contribution in [0.5, 0.6) is 0 Å². The van der Waals surface area contributed by atoms with Crippen LogP contribution in [0, 0.1) is 0 Å². The molecule has 0 bridgehead atoms. The van der Waals surface area contributed by atoms with Crippen LogP contribution in [0.1, 0.15) is 18.1 Å². The highest BCUT2D eigenvalue weighted by molar-refractivity contribution is 6.14. The third-order valence-electron chi connectivity index (χ3n) is 4.30. The van der Waals surface area contributed by atoms with Gasteiger partial charge in [0.25, 0.3) is 5.91 Å². The van der Waals surface area contributed by atoms with Crippen molar-refractivity contribution in [3.63, 3.8) is 0 Å². The van der Waals surface area contributed by atoms with Crippen molar-refractivity contribution in [2.75, 3.05) is 11.9 Å². The maximum atomic E-state index is 12.8. The van der Waals surface area contributed by atoms with Gasteiger partial charge >= 0.3 is 12.2 Å². The first kappa shape index (κ1) is 21.8. The highest BCUT2D eigenvalue weighted by atomic mass is 19.4. The summed E-state index contributed by atoms with van der Waals surface area (Å²) in [6, 6.07) is 12.6. The van der Waals surface area contributed by atoms with Gasteiger partial charge < -0.3 is 10.6 Å². The number of amides is 4. The minimum absolute atomic E-state index is 0.00144. The van der Waals surface area contributed by atoms with E-state index in [1.54, 1.807) is 6.92 Å². The van der Waals surface area contributed by atoms with Crippen LogP contribution in [0.4, 0.5) is 23.7 Å². The highest BCUT2D eigenvalue weighted by Gasteiger charge is 2.35. The van der Waals surface area contributed by atoms with E-state index < -0.39 is 36.1 Å². The quantitative estimate of drug-likeness (QED) is 0.553. The second-order valence-electron chi connectivity index (χ2n) is 6.81. The molecule has 31 heavy (non-hydrogen) atoms. The van der Waals surface area contributed by atoms with Crippen LogP contribution in [-0.4, -0.2) is 29.3 Å². The molecule has 9 heteroatoms. The molecule has 2 aromatic rings. The van der Waals surface area contributed by atoms with Crippen LogP contribution in [-0.2, 0) is 15.8 Å². The molecule has 1 aliphatic rings. The van der Waals surface area contributed by atoms with Crippen molar-refractivity contribution in [1.29, 1.82) is 0 Å². The van der Waals surface area contributed by atoms with Gasteiger partial charge in [0, 0.05) is 5.69 Å². The van der Waals surface area contributed by atoms with Gasteiger partial charge in [0.05, 0.1) is 5.56 Å². The van der Waals surface area contributed by atoms with Crippen LogP contribution >= 0.6 is 0 Å². The molecule has 0 atom stereocenters. The molecule has 1 aliphatic heterocycles. The minimum atomic E-state index is -4.56. The predicted molar refractivity (Wildman–Crippen MR) is 108 cm³/mol. The van der Waals surface area contributed by atoms with E-state index in [4.69, 9.17) is 0 Å². The Kier molecular flexibility index (Phi) is 6.24. The second kappa shape index (κ2) is 8.86. The second-order valence-corrected chi connectivity index (χ2v) is 6.81. The van der Waals surface area contributed by atoms with Crippen molar-refractivity contribution >= 4 is 29.6 Å². The number of hydrogen-bond acceptors (Lipinski definition) is 3. The number of rotatable bonds is 5. The van der Waals surface area contributed by atoms with E-state index in [1.165, 1.54) is 12.1 Å². The topological polar surface area (TPSA) is 78.5 Å². The highest BCUT2D eigenvalue weighted by Crippen LogP contribution is 2.30. The van der Waals surface area contributed by atoms with Gasteiger partial charge in [-0.25, -0.2) is 9.69 Å². The van der Waals surface area contributed by atoms with Gasteiger partial charge in [-0.05, 0) is 42.3 Å². The van der Waals surface area contributed by atoms with Gasteiger partial charge in [-0.2, -0.15) is 13.2 Å². The van der Waals surface area contributed by atoms with Gasteiger partial charge in [-0.15, -0.1) is 0 Å². The number of carbonyl (C=O) groups excluding carboxylic acids is 3. The zero-order valence-electron chi connectivity index (χ0n) is 16.4. The lowest BCUT2D eigenvalue weighted by atomic mass is 10.1. The molecule has 0 radical (unpaired) electrons. The van der Waals surface area contributed by atoms with E-state index in [0.29, 0.717) is 10.5 Å². The van der Waals surface area contributed by atoms with Crippen molar-refractivity contribution in [3.05, 3.63) is 83.1 Å². The Labute approximate surface area is 176 Å². The number of benzene rings is 2. The Morgan fingerprint density at radius 1 is 1.10 bits per heavy atom. The smallest absolute Gasteiger partial charge is 0.325 e. The van der Waals surface area contributed by atoms with Crippen molar-refractivity contribution < 1.29 is 27.6 Å². The molecular formula is C22H18F3N3O3. The van der Waals surface area contributed by atoms with Crippen molar-refractivity contribution in [2.24, 2.45) is 0 Å². The average Bonchev–Trinajstić information content (AvgIpc) is 2.95. The summed E-state index contributed by atoms with van der Waals surface area (Å²) in [5.41, 5.74) is 0.591. The molecule has 3 rings (SSSR count). The minimum Gasteiger partial charge on any atom is -0.325 e. The number of urea groups is 1. The van der Waals surface area contributed by atoms with Gasteiger partial charge in [-0.3, -0.25) is 9.59 Å². The fourth-order valence-corrected chi connectivity index (χ4v) is 2.91. The molecule has 160 valence electrons. The number of hydrogen-bond donors (Lipinski definition) is 2. The summed E-state index contributed by atoms with van der Waals surface area (Å²) in [6.07, 6.45) is -1.26. The van der Waals surface area contributed by atoms with Gasteiger partial charge in [0.2, 0.25) is 5.91 Å². The number of halogens is 3. The van der Waals surface area contributed by atoms with Crippen LogP contribution in [0.25, 0.3) is 6.08 Å². The SMILES string of the molecule is CC(=C/c1ccccc1)/C=C1/NC(=O)N(CC(=O)Nc2cccc(C(F)(F)F)c2)C1=O. The first-order valence-corrected chi connectivity index (χ1v) is 9.18. The number of anilines is 1. The average molecular weight is 429 g/mol. The molecule has 0 unspecified atom stereocenters. The number of nitrogens with one attached hydrogen (secondary N) is 2. The monoisotopic (exact) mass is 429 g/mol. The Bertz CT molecular complexity index is 1080. The van der Waals surface area contributed by atoms with Crippen LogP contribution in [0.2, 0.25) is 0 Å². The van der Waals surface area contributed by atoms with E-state index in [-0.39, 0.29) is 11.4 Å². The summed E-state index contributed by atoms with van der Waals surface area (Å²) < 4.78 is 38.4. The number of imide groups is 1. The molecule has 1 saturated heterocycles. The standard InChI is InChI=1S/C22H18F3N3O3/c1-14(10-15-6-3-2-4-7-15)11-18-20(30)28(21(31)27-18)13-19(29)26-17-9-5-8-16(12-17)22(23,24)25/h2-12H,13H2,1H3,(H,26,29)(H,27,31)/b14-10-,18-11+. The molecule has 0 spiro atoms. The lowest BCUT2D eigenvalue weighted by Gasteiger charge is -2.13. The first-order chi connectivity index (χ1) is 14.6. The van der Waals surface area contributed by atoms with Gasteiger partial charge in [0.1, 0.15) is 12.2 Å². The van der Waals surface area contributed by atoms with E-state index in [2.05, 4.69) is 10.6 Å². The third-order valence-corrected chi connectivity index (χ3v) is 4.30. The Balaban J connectivity index is 1.67. The summed E-state index contributed by atoms with van der Waals surface area (Å²) >= 11 is 0. The van der Waals surface area contributed by atoms with Crippen molar-refractivity contribution in [2.45, 2.75) is 13.1 Å². The Hall–Kier alpha value is -3.88. The molecule has 0 aliphatic carbocycles. The normalized spacial score (nSPS) is 15.9. The van der Waals surface area contributed by atoms with E-state index in [0.717, 1.165) is 23.8 Å². The summed E-state index contributed by atoms with van der Waals surface area (Å²) in [6.45, 7) is 1.11. The van der Waals surface area contributed by atoms with Gasteiger partial charge in [0.15, 0.2) is 0 Å². The molecule has 6 nitrogen and oxygen atoms in total. The molecule has 0 aromatic heterocycles. The van der Waals surface area contributed by atoms with Gasteiger partial charge in [-0.1, -0.05) is 42.5 Å². The lowest BCUT2D eigenvalue weighted by Crippen LogP contribution is -2.38.